The second-order valence-electron chi connectivity index (χ2n) is 6.21. The van der Waals surface area contributed by atoms with E-state index in [2.05, 4.69) is 12.2 Å². The van der Waals surface area contributed by atoms with Crippen LogP contribution in [-0.2, 0) is 4.79 Å². The molecule has 1 fully saturated rings. The van der Waals surface area contributed by atoms with Crippen LogP contribution < -0.4 is 11.1 Å². The number of hydrogen-bond donors (Lipinski definition) is 3. The molecule has 0 aromatic rings. The number of hydrogen-bond acceptors (Lipinski definition) is 3. The summed E-state index contributed by atoms with van der Waals surface area (Å²) in [5, 5.41) is 13.3. The quantitative estimate of drug-likeness (QED) is 0.689. The Morgan fingerprint density at radius 2 is 2.00 bits per heavy atom. The fourth-order valence-electron chi connectivity index (χ4n) is 2.68. The van der Waals surface area contributed by atoms with Crippen LogP contribution in [0.3, 0.4) is 0 Å². The van der Waals surface area contributed by atoms with E-state index in [1.165, 1.54) is 6.42 Å². The maximum atomic E-state index is 11.9. The molecule has 4 nitrogen and oxygen atoms in total. The Morgan fingerprint density at radius 1 is 1.42 bits per heavy atom. The predicted octanol–water partition coefficient (Wildman–Crippen LogP) is 1.81. The third-order valence-electron chi connectivity index (χ3n) is 4.76. The smallest absolute Gasteiger partial charge is 0.237 e. The second-order valence-corrected chi connectivity index (χ2v) is 6.21. The minimum absolute atomic E-state index is 0.139. The van der Waals surface area contributed by atoms with Crippen molar-refractivity contribution in [2.75, 3.05) is 6.54 Å². The second kappa shape index (κ2) is 7.25. The molecule has 0 bridgehead atoms. The summed E-state index contributed by atoms with van der Waals surface area (Å²) in [6.07, 6.45) is 5.74. The zero-order chi connectivity index (χ0) is 14.5. The van der Waals surface area contributed by atoms with Crippen molar-refractivity contribution in [2.24, 2.45) is 17.6 Å². The zero-order valence-corrected chi connectivity index (χ0v) is 12.6. The lowest BCUT2D eigenvalue weighted by Gasteiger charge is -2.36. The summed E-state index contributed by atoms with van der Waals surface area (Å²) in [5.41, 5.74) is 5.15. The summed E-state index contributed by atoms with van der Waals surface area (Å²) in [6.45, 7) is 6.54. The van der Waals surface area contributed by atoms with Crippen molar-refractivity contribution in [3.8, 4) is 0 Å². The van der Waals surface area contributed by atoms with Crippen molar-refractivity contribution in [3.05, 3.63) is 0 Å². The Morgan fingerprint density at radius 3 is 2.47 bits per heavy atom. The van der Waals surface area contributed by atoms with Gasteiger partial charge in [-0.1, -0.05) is 33.6 Å². The highest BCUT2D eigenvalue weighted by Crippen LogP contribution is 2.33. The molecule has 4 N–H and O–H groups in total. The number of carbonyl (C=O) groups is 1. The summed E-state index contributed by atoms with van der Waals surface area (Å²) in [6, 6.07) is -0.472. The highest BCUT2D eigenvalue weighted by molar-refractivity contribution is 5.81. The normalized spacial score (nSPS) is 30.7. The number of nitrogens with one attached hydrogen (secondary N) is 1. The molecular formula is C15H30N2O2. The van der Waals surface area contributed by atoms with Gasteiger partial charge in [-0.25, -0.2) is 0 Å². The van der Waals surface area contributed by atoms with E-state index in [4.69, 9.17) is 5.73 Å². The lowest BCUT2D eigenvalue weighted by molar-refractivity contribution is -0.125. The first-order valence-corrected chi connectivity index (χ1v) is 7.67. The van der Waals surface area contributed by atoms with E-state index in [9.17, 15) is 9.90 Å². The van der Waals surface area contributed by atoms with Crippen LogP contribution in [0.2, 0.25) is 0 Å². The van der Waals surface area contributed by atoms with Crippen LogP contribution in [0.5, 0.6) is 0 Å². The topological polar surface area (TPSA) is 75.3 Å². The van der Waals surface area contributed by atoms with Crippen LogP contribution in [0.1, 0.15) is 59.3 Å². The van der Waals surface area contributed by atoms with Crippen LogP contribution in [-0.4, -0.2) is 29.2 Å². The van der Waals surface area contributed by atoms with Crippen LogP contribution in [0.15, 0.2) is 0 Å². The Hall–Kier alpha value is -0.610. The SMILES string of the molecule is CCC1CCC(O)(CNC(=O)C(N)C(C)CC)CC1. The van der Waals surface area contributed by atoms with Crippen molar-refractivity contribution in [3.63, 3.8) is 0 Å². The Balaban J connectivity index is 2.37. The Labute approximate surface area is 117 Å². The van der Waals surface area contributed by atoms with Gasteiger partial charge in [-0.3, -0.25) is 4.79 Å². The van der Waals surface area contributed by atoms with Crippen LogP contribution in [0.4, 0.5) is 0 Å². The van der Waals surface area contributed by atoms with E-state index in [0.29, 0.717) is 6.54 Å². The molecule has 112 valence electrons. The molecule has 2 atom stereocenters. The Bertz CT molecular complexity index is 286. The maximum absolute atomic E-state index is 11.9. The molecule has 1 aliphatic rings. The van der Waals surface area contributed by atoms with Crippen LogP contribution >= 0.6 is 0 Å². The molecule has 1 rings (SSSR count). The molecule has 1 amide bonds. The van der Waals surface area contributed by atoms with Gasteiger partial charge >= 0.3 is 0 Å². The average molecular weight is 270 g/mol. The van der Waals surface area contributed by atoms with Crippen molar-refractivity contribution >= 4 is 5.91 Å². The maximum Gasteiger partial charge on any atom is 0.237 e. The van der Waals surface area contributed by atoms with Gasteiger partial charge in [0.2, 0.25) is 5.91 Å². The third-order valence-corrected chi connectivity index (χ3v) is 4.76. The van der Waals surface area contributed by atoms with Crippen LogP contribution in [0, 0.1) is 11.8 Å². The molecule has 0 spiro atoms. The fourth-order valence-corrected chi connectivity index (χ4v) is 2.68. The molecule has 19 heavy (non-hydrogen) atoms. The lowest BCUT2D eigenvalue weighted by Crippen LogP contribution is -2.51. The number of aliphatic hydroxyl groups is 1. The van der Waals surface area contributed by atoms with Gasteiger partial charge in [0.1, 0.15) is 0 Å². The van der Waals surface area contributed by atoms with Gasteiger partial charge in [0.25, 0.3) is 0 Å². The first-order chi connectivity index (χ1) is 8.91. The Kier molecular flexibility index (Phi) is 6.27. The molecule has 0 aliphatic heterocycles. The number of carbonyl (C=O) groups excluding carboxylic acids is 1. The molecule has 2 unspecified atom stereocenters. The molecule has 0 heterocycles. The van der Waals surface area contributed by atoms with Crippen molar-refractivity contribution < 1.29 is 9.90 Å². The zero-order valence-electron chi connectivity index (χ0n) is 12.6. The molecule has 0 aromatic heterocycles. The molecule has 0 aromatic carbocycles. The van der Waals surface area contributed by atoms with E-state index < -0.39 is 11.6 Å². The highest BCUT2D eigenvalue weighted by atomic mass is 16.3. The predicted molar refractivity (Wildman–Crippen MR) is 77.6 cm³/mol. The highest BCUT2D eigenvalue weighted by Gasteiger charge is 2.33. The number of rotatable bonds is 6. The summed E-state index contributed by atoms with van der Waals surface area (Å²) in [5.74, 6) is 0.768. The largest absolute Gasteiger partial charge is 0.388 e. The summed E-state index contributed by atoms with van der Waals surface area (Å²) >= 11 is 0. The monoisotopic (exact) mass is 270 g/mol. The van der Waals surface area contributed by atoms with Crippen molar-refractivity contribution in [1.82, 2.24) is 5.32 Å². The van der Waals surface area contributed by atoms with Gasteiger partial charge in [-0.05, 0) is 37.5 Å². The van der Waals surface area contributed by atoms with Crippen molar-refractivity contribution in [1.29, 1.82) is 0 Å². The van der Waals surface area contributed by atoms with E-state index in [0.717, 1.165) is 38.0 Å². The lowest BCUT2D eigenvalue weighted by atomic mass is 9.78. The average Bonchev–Trinajstić information content (AvgIpc) is 2.44. The number of nitrogens with two attached hydrogens (primary N) is 1. The van der Waals surface area contributed by atoms with Gasteiger partial charge in [-0.15, -0.1) is 0 Å². The molecule has 4 heteroatoms. The third kappa shape index (κ3) is 4.77. The van der Waals surface area contributed by atoms with Gasteiger partial charge in [0.15, 0.2) is 0 Å². The number of amides is 1. The molecular weight excluding hydrogens is 240 g/mol. The molecule has 1 aliphatic carbocycles. The molecule has 0 saturated heterocycles. The first kappa shape index (κ1) is 16.4. The summed E-state index contributed by atoms with van der Waals surface area (Å²) in [4.78, 5) is 11.9. The first-order valence-electron chi connectivity index (χ1n) is 7.67. The van der Waals surface area contributed by atoms with E-state index in [-0.39, 0.29) is 11.8 Å². The molecule has 0 radical (unpaired) electrons. The van der Waals surface area contributed by atoms with E-state index >= 15 is 0 Å². The van der Waals surface area contributed by atoms with Crippen LogP contribution in [0.25, 0.3) is 0 Å². The molecule has 1 saturated carbocycles. The van der Waals surface area contributed by atoms with Gasteiger partial charge in [0, 0.05) is 6.54 Å². The summed E-state index contributed by atoms with van der Waals surface area (Å²) < 4.78 is 0. The van der Waals surface area contributed by atoms with E-state index in [1.54, 1.807) is 0 Å². The van der Waals surface area contributed by atoms with Gasteiger partial charge in [0.05, 0.1) is 11.6 Å². The van der Waals surface area contributed by atoms with E-state index in [1.807, 2.05) is 13.8 Å². The standard InChI is InChI=1S/C15H30N2O2/c1-4-11(3)13(16)14(18)17-10-15(19)8-6-12(5-2)7-9-15/h11-13,19H,4-10,16H2,1-3H3,(H,17,18). The van der Waals surface area contributed by atoms with Gasteiger partial charge < -0.3 is 16.2 Å². The minimum Gasteiger partial charge on any atom is -0.388 e. The summed E-state index contributed by atoms with van der Waals surface area (Å²) in [7, 11) is 0. The van der Waals surface area contributed by atoms with Crippen molar-refractivity contribution in [2.45, 2.75) is 70.9 Å². The minimum atomic E-state index is -0.726. The van der Waals surface area contributed by atoms with Gasteiger partial charge in [-0.2, -0.15) is 0 Å². The fraction of sp³-hybridized carbons (Fsp3) is 0.933.